The average molecular weight is 422 g/mol. The lowest BCUT2D eigenvalue weighted by molar-refractivity contribution is -0.131. The molecule has 31 heavy (non-hydrogen) atoms. The number of aryl methyl sites for hydroxylation is 2. The third-order valence-corrected chi connectivity index (χ3v) is 5.64. The Bertz CT molecular complexity index is 1120. The molecule has 1 aliphatic rings. The Hall–Kier alpha value is -3.55. The Balaban J connectivity index is 1.41. The maximum Gasteiger partial charge on any atom is 0.325 e. The first-order valence-electron chi connectivity index (χ1n) is 10.2. The van der Waals surface area contributed by atoms with Crippen LogP contribution in [0.3, 0.4) is 0 Å². The van der Waals surface area contributed by atoms with E-state index in [0.29, 0.717) is 42.1 Å². The summed E-state index contributed by atoms with van der Waals surface area (Å²) < 4.78 is 19.0. The first-order valence-corrected chi connectivity index (χ1v) is 10.2. The topological polar surface area (TPSA) is 88.3 Å². The zero-order valence-corrected chi connectivity index (χ0v) is 17.4. The minimum absolute atomic E-state index is 0.232. The number of nitrogens with one attached hydrogen (secondary N) is 1. The third kappa shape index (κ3) is 3.81. The Morgan fingerprint density at radius 1 is 1.16 bits per heavy atom. The molecule has 2 heterocycles. The molecule has 0 bridgehead atoms. The maximum absolute atomic E-state index is 13.8. The van der Waals surface area contributed by atoms with Crippen LogP contribution in [0.25, 0.3) is 11.4 Å². The first-order chi connectivity index (χ1) is 14.9. The largest absolute Gasteiger partial charge is 0.339 e. The van der Waals surface area contributed by atoms with Gasteiger partial charge in [0.25, 0.3) is 5.91 Å². The molecule has 0 saturated carbocycles. The molecule has 0 spiro atoms. The van der Waals surface area contributed by atoms with Crippen molar-refractivity contribution in [2.24, 2.45) is 0 Å². The summed E-state index contributed by atoms with van der Waals surface area (Å²) in [5, 5.41) is 6.77. The SMILES string of the molecule is CCC1(c2ccccc2)NC(=O)N(CCCc2nc(-c3ccc(C)c(F)c3)no2)C1=O. The molecule has 3 amide bonds. The number of hydrogen-bond donors (Lipinski definition) is 1. The highest BCUT2D eigenvalue weighted by molar-refractivity contribution is 6.07. The van der Waals surface area contributed by atoms with Crippen LogP contribution in [0, 0.1) is 12.7 Å². The molecule has 1 atom stereocenters. The van der Waals surface area contributed by atoms with Gasteiger partial charge in [-0.05, 0) is 37.0 Å². The van der Waals surface area contributed by atoms with Crippen molar-refractivity contribution in [2.75, 3.05) is 6.54 Å². The van der Waals surface area contributed by atoms with Gasteiger partial charge in [0.2, 0.25) is 11.7 Å². The molecule has 4 rings (SSSR count). The van der Waals surface area contributed by atoms with Crippen molar-refractivity contribution in [2.45, 2.75) is 38.6 Å². The van der Waals surface area contributed by atoms with E-state index in [1.54, 1.807) is 19.1 Å². The number of amides is 3. The second-order valence-corrected chi connectivity index (χ2v) is 7.59. The number of aromatic nitrogens is 2. The zero-order chi connectivity index (χ0) is 22.0. The van der Waals surface area contributed by atoms with E-state index < -0.39 is 11.6 Å². The smallest absolute Gasteiger partial charge is 0.325 e. The molecule has 0 aliphatic carbocycles. The molecule has 160 valence electrons. The van der Waals surface area contributed by atoms with Crippen molar-refractivity contribution in [1.29, 1.82) is 0 Å². The standard InChI is InChI=1S/C23H23FN4O3/c1-3-23(17-8-5-4-6-9-17)21(29)28(22(30)26-23)13-7-10-19-25-20(27-31-19)16-12-11-15(2)18(24)14-16/h4-6,8-9,11-12,14H,3,7,10,13H2,1-2H3,(H,26,30). The van der Waals surface area contributed by atoms with Gasteiger partial charge in [-0.3, -0.25) is 9.69 Å². The van der Waals surface area contributed by atoms with Gasteiger partial charge in [0.1, 0.15) is 11.4 Å². The summed E-state index contributed by atoms with van der Waals surface area (Å²) in [7, 11) is 0. The molecule has 1 N–H and O–H groups in total. The van der Waals surface area contributed by atoms with Crippen molar-refractivity contribution >= 4 is 11.9 Å². The zero-order valence-electron chi connectivity index (χ0n) is 17.4. The fourth-order valence-corrected chi connectivity index (χ4v) is 3.79. The fourth-order valence-electron chi connectivity index (χ4n) is 3.79. The number of nitrogens with zero attached hydrogens (tertiary/aromatic N) is 3. The monoisotopic (exact) mass is 422 g/mol. The van der Waals surface area contributed by atoms with Gasteiger partial charge < -0.3 is 9.84 Å². The predicted octanol–water partition coefficient (Wildman–Crippen LogP) is 3.97. The van der Waals surface area contributed by atoms with Crippen LogP contribution in [0.5, 0.6) is 0 Å². The van der Waals surface area contributed by atoms with Gasteiger partial charge in [0.05, 0.1) is 0 Å². The van der Waals surface area contributed by atoms with E-state index in [1.165, 1.54) is 11.0 Å². The van der Waals surface area contributed by atoms with E-state index in [0.717, 1.165) is 5.56 Å². The number of halogens is 1. The van der Waals surface area contributed by atoms with Crippen molar-refractivity contribution in [3.63, 3.8) is 0 Å². The summed E-state index contributed by atoms with van der Waals surface area (Å²) in [6, 6.07) is 13.6. The summed E-state index contributed by atoms with van der Waals surface area (Å²) in [4.78, 5) is 31.2. The normalized spacial score (nSPS) is 18.5. The lowest BCUT2D eigenvalue weighted by Crippen LogP contribution is -2.43. The molecule has 1 fully saturated rings. The lowest BCUT2D eigenvalue weighted by Gasteiger charge is -2.25. The van der Waals surface area contributed by atoms with Crippen LogP contribution >= 0.6 is 0 Å². The molecule has 7 nitrogen and oxygen atoms in total. The molecule has 1 aromatic heterocycles. The highest BCUT2D eigenvalue weighted by Gasteiger charge is 2.50. The lowest BCUT2D eigenvalue weighted by atomic mass is 9.87. The van der Waals surface area contributed by atoms with E-state index in [4.69, 9.17) is 4.52 Å². The number of carbonyl (C=O) groups is 2. The van der Waals surface area contributed by atoms with Crippen molar-refractivity contribution in [1.82, 2.24) is 20.4 Å². The average Bonchev–Trinajstić information content (AvgIpc) is 3.35. The van der Waals surface area contributed by atoms with Crippen LogP contribution in [0.4, 0.5) is 9.18 Å². The van der Waals surface area contributed by atoms with Gasteiger partial charge in [-0.2, -0.15) is 4.98 Å². The summed E-state index contributed by atoms with van der Waals surface area (Å²) in [5.41, 5.74) is 0.804. The number of benzene rings is 2. The number of carbonyl (C=O) groups excluding carboxylic acids is 2. The van der Waals surface area contributed by atoms with E-state index in [2.05, 4.69) is 15.5 Å². The van der Waals surface area contributed by atoms with Crippen LogP contribution in [0.15, 0.2) is 53.1 Å². The Morgan fingerprint density at radius 3 is 2.65 bits per heavy atom. The van der Waals surface area contributed by atoms with Gasteiger partial charge >= 0.3 is 6.03 Å². The van der Waals surface area contributed by atoms with E-state index in [1.807, 2.05) is 37.3 Å². The summed E-state index contributed by atoms with van der Waals surface area (Å²) >= 11 is 0. The fraction of sp³-hybridized carbons (Fsp3) is 0.304. The molecule has 1 unspecified atom stereocenters. The van der Waals surface area contributed by atoms with E-state index >= 15 is 0 Å². The molecule has 3 aromatic rings. The molecular formula is C23H23FN4O3. The van der Waals surface area contributed by atoms with E-state index in [9.17, 15) is 14.0 Å². The van der Waals surface area contributed by atoms with Gasteiger partial charge in [0, 0.05) is 18.5 Å². The minimum atomic E-state index is -1.04. The van der Waals surface area contributed by atoms with Crippen LogP contribution in [-0.4, -0.2) is 33.5 Å². The van der Waals surface area contributed by atoms with Crippen molar-refractivity contribution < 1.29 is 18.5 Å². The predicted molar refractivity (Wildman–Crippen MR) is 111 cm³/mol. The number of imide groups is 1. The summed E-state index contributed by atoms with van der Waals surface area (Å²) in [5.74, 6) is 0.0820. The van der Waals surface area contributed by atoms with Gasteiger partial charge in [-0.1, -0.05) is 54.5 Å². The second-order valence-electron chi connectivity index (χ2n) is 7.59. The highest BCUT2D eigenvalue weighted by atomic mass is 19.1. The molecule has 2 aromatic carbocycles. The van der Waals surface area contributed by atoms with Crippen LogP contribution in [0.1, 0.15) is 36.8 Å². The van der Waals surface area contributed by atoms with Crippen molar-refractivity contribution in [3.05, 3.63) is 71.4 Å². The minimum Gasteiger partial charge on any atom is -0.339 e. The highest BCUT2D eigenvalue weighted by Crippen LogP contribution is 2.32. The van der Waals surface area contributed by atoms with Crippen molar-refractivity contribution in [3.8, 4) is 11.4 Å². The van der Waals surface area contributed by atoms with Gasteiger partial charge in [-0.15, -0.1) is 0 Å². The molecule has 1 saturated heterocycles. The molecule has 1 aliphatic heterocycles. The maximum atomic E-state index is 13.8. The molecule has 0 radical (unpaired) electrons. The molecular weight excluding hydrogens is 399 g/mol. The van der Waals surface area contributed by atoms with Crippen LogP contribution in [0.2, 0.25) is 0 Å². The molecule has 8 heteroatoms. The third-order valence-electron chi connectivity index (χ3n) is 5.64. The summed E-state index contributed by atoms with van der Waals surface area (Å²) in [6.45, 7) is 3.79. The number of urea groups is 1. The Morgan fingerprint density at radius 2 is 1.94 bits per heavy atom. The second kappa shape index (κ2) is 8.29. The van der Waals surface area contributed by atoms with Crippen LogP contribution in [-0.2, 0) is 16.8 Å². The first kappa shape index (κ1) is 20.7. The summed E-state index contributed by atoms with van der Waals surface area (Å²) in [6.07, 6.45) is 1.32. The Labute approximate surface area is 179 Å². The van der Waals surface area contributed by atoms with Gasteiger partial charge in [-0.25, -0.2) is 9.18 Å². The Kier molecular flexibility index (Phi) is 5.54. The van der Waals surface area contributed by atoms with Gasteiger partial charge in [0.15, 0.2) is 0 Å². The quantitative estimate of drug-likeness (QED) is 0.582. The van der Waals surface area contributed by atoms with Crippen LogP contribution < -0.4 is 5.32 Å². The van der Waals surface area contributed by atoms with E-state index in [-0.39, 0.29) is 18.3 Å². The number of rotatable bonds is 7. The number of hydrogen-bond acceptors (Lipinski definition) is 5.